The van der Waals surface area contributed by atoms with E-state index in [1.54, 1.807) is 0 Å². The van der Waals surface area contributed by atoms with Crippen molar-refractivity contribution in [3.63, 3.8) is 0 Å². The lowest BCUT2D eigenvalue weighted by Gasteiger charge is -2.08. The van der Waals surface area contributed by atoms with Gasteiger partial charge in [0.25, 0.3) is 0 Å². The van der Waals surface area contributed by atoms with Crippen molar-refractivity contribution in [1.82, 2.24) is 5.32 Å². The number of nitrogens with one attached hydrogen (secondary N) is 1. The number of rotatable bonds is 4. The van der Waals surface area contributed by atoms with Crippen molar-refractivity contribution in [2.24, 2.45) is 16.7 Å². The Morgan fingerprint density at radius 2 is 1.90 bits per heavy atom. The van der Waals surface area contributed by atoms with Crippen molar-refractivity contribution in [1.29, 1.82) is 0 Å². The van der Waals surface area contributed by atoms with Gasteiger partial charge in [-0.2, -0.15) is 0 Å². The Morgan fingerprint density at radius 1 is 1.20 bits per heavy atom. The Balaban J connectivity index is 1.59. The van der Waals surface area contributed by atoms with Crippen molar-refractivity contribution in [3.05, 3.63) is 22.2 Å². The zero-order chi connectivity index (χ0) is 14.5. The van der Waals surface area contributed by atoms with Crippen molar-refractivity contribution in [3.8, 4) is 11.5 Å². The smallest absolute Gasteiger partial charge is 0.231 e. The van der Waals surface area contributed by atoms with Crippen LogP contribution in [0.2, 0.25) is 0 Å². The molecule has 4 heteroatoms. The molecule has 0 spiro atoms. The molecule has 0 aromatic heterocycles. The minimum atomic E-state index is 0.315. The zero-order valence-electron chi connectivity index (χ0n) is 12.5. The summed E-state index contributed by atoms with van der Waals surface area (Å²) < 4.78 is 11.8. The van der Waals surface area contributed by atoms with Crippen LogP contribution in [-0.2, 0) is 6.54 Å². The van der Waals surface area contributed by atoms with Crippen LogP contribution in [0.3, 0.4) is 0 Å². The minimum absolute atomic E-state index is 0.315. The summed E-state index contributed by atoms with van der Waals surface area (Å²) in [5.74, 6) is 2.40. The molecule has 0 radical (unpaired) electrons. The average Bonchev–Trinajstić information content (AvgIpc) is 2.74. The highest BCUT2D eigenvalue weighted by Crippen LogP contribution is 2.67. The maximum atomic E-state index is 5.45. The first-order valence-electron chi connectivity index (χ1n) is 7.13. The average molecular weight is 340 g/mol. The van der Waals surface area contributed by atoms with E-state index in [-0.39, 0.29) is 0 Å². The fourth-order valence-corrected chi connectivity index (χ4v) is 3.93. The van der Waals surface area contributed by atoms with E-state index in [1.807, 2.05) is 0 Å². The molecule has 1 saturated carbocycles. The van der Waals surface area contributed by atoms with E-state index >= 15 is 0 Å². The molecule has 0 atom stereocenters. The molecule has 1 fully saturated rings. The number of hydrogen-bond acceptors (Lipinski definition) is 3. The molecule has 2 aliphatic rings. The predicted octanol–water partition coefficient (Wildman–Crippen LogP) is 3.95. The fourth-order valence-electron chi connectivity index (χ4n) is 3.33. The van der Waals surface area contributed by atoms with Crippen LogP contribution in [-0.4, -0.2) is 13.3 Å². The van der Waals surface area contributed by atoms with Crippen LogP contribution in [0.4, 0.5) is 0 Å². The molecule has 1 aromatic carbocycles. The van der Waals surface area contributed by atoms with Crippen LogP contribution in [0.5, 0.6) is 11.5 Å². The molecule has 0 saturated heterocycles. The highest BCUT2D eigenvalue weighted by Gasteiger charge is 2.63. The molecule has 110 valence electrons. The Morgan fingerprint density at radius 3 is 2.55 bits per heavy atom. The molecular formula is C16H22BrNO2. The second kappa shape index (κ2) is 4.63. The van der Waals surface area contributed by atoms with Gasteiger partial charge in [-0.05, 0) is 56.9 Å². The zero-order valence-corrected chi connectivity index (χ0v) is 14.1. The van der Waals surface area contributed by atoms with Gasteiger partial charge in [0.1, 0.15) is 0 Å². The summed E-state index contributed by atoms with van der Waals surface area (Å²) in [6, 6.07) is 4.16. The number of benzene rings is 1. The first kappa shape index (κ1) is 14.2. The van der Waals surface area contributed by atoms with E-state index in [4.69, 9.17) is 9.47 Å². The van der Waals surface area contributed by atoms with Gasteiger partial charge in [-0.1, -0.05) is 27.7 Å². The van der Waals surface area contributed by atoms with Gasteiger partial charge in [0.05, 0.1) is 4.47 Å². The van der Waals surface area contributed by atoms with Crippen LogP contribution in [0.1, 0.15) is 33.3 Å². The molecule has 3 nitrogen and oxygen atoms in total. The number of halogens is 1. The molecule has 1 aromatic rings. The molecule has 1 heterocycles. The number of hydrogen-bond donors (Lipinski definition) is 1. The second-order valence-corrected chi connectivity index (χ2v) is 7.79. The molecule has 1 N–H and O–H groups in total. The molecule has 1 aliphatic carbocycles. The summed E-state index contributed by atoms with van der Waals surface area (Å²) in [7, 11) is 0. The normalized spacial score (nSPS) is 22.1. The maximum Gasteiger partial charge on any atom is 0.231 e. The highest BCUT2D eigenvalue weighted by molar-refractivity contribution is 9.10. The van der Waals surface area contributed by atoms with Crippen LogP contribution in [0.15, 0.2) is 16.6 Å². The van der Waals surface area contributed by atoms with E-state index in [1.165, 1.54) is 5.56 Å². The molecular weight excluding hydrogens is 318 g/mol. The Hall–Kier alpha value is -0.740. The topological polar surface area (TPSA) is 30.5 Å². The van der Waals surface area contributed by atoms with Crippen molar-refractivity contribution in [2.75, 3.05) is 13.3 Å². The van der Waals surface area contributed by atoms with Gasteiger partial charge < -0.3 is 14.8 Å². The molecule has 0 bridgehead atoms. The van der Waals surface area contributed by atoms with E-state index in [9.17, 15) is 0 Å². The van der Waals surface area contributed by atoms with Crippen LogP contribution < -0.4 is 14.8 Å². The first-order chi connectivity index (χ1) is 9.34. The highest BCUT2D eigenvalue weighted by atomic mass is 79.9. The second-order valence-electron chi connectivity index (χ2n) is 6.94. The summed E-state index contributed by atoms with van der Waals surface area (Å²) >= 11 is 3.53. The Labute approximate surface area is 129 Å². The largest absolute Gasteiger partial charge is 0.454 e. The van der Waals surface area contributed by atoms with E-state index in [0.717, 1.165) is 35.0 Å². The SMILES string of the molecule is CC1(C)C(CNCc2cc(Br)c3c(c2)OCO3)C1(C)C. The van der Waals surface area contributed by atoms with Crippen LogP contribution >= 0.6 is 15.9 Å². The van der Waals surface area contributed by atoms with Gasteiger partial charge >= 0.3 is 0 Å². The number of ether oxygens (including phenoxy) is 2. The third-order valence-electron chi connectivity index (χ3n) is 5.48. The lowest BCUT2D eigenvalue weighted by atomic mass is 10.0. The molecule has 1 aliphatic heterocycles. The molecule has 0 unspecified atom stereocenters. The summed E-state index contributed by atoms with van der Waals surface area (Å²) in [5, 5.41) is 3.58. The summed E-state index contributed by atoms with van der Waals surface area (Å²) in [6.45, 7) is 11.7. The minimum Gasteiger partial charge on any atom is -0.454 e. The van der Waals surface area contributed by atoms with Crippen molar-refractivity contribution >= 4 is 15.9 Å². The van der Waals surface area contributed by atoms with Gasteiger partial charge in [0, 0.05) is 6.54 Å². The maximum absolute atomic E-state index is 5.45. The molecule has 3 rings (SSSR count). The summed E-state index contributed by atoms with van der Waals surface area (Å²) in [5.41, 5.74) is 2.10. The van der Waals surface area contributed by atoms with Gasteiger partial charge in [0.2, 0.25) is 6.79 Å². The summed E-state index contributed by atoms with van der Waals surface area (Å²) in [4.78, 5) is 0. The predicted molar refractivity (Wildman–Crippen MR) is 83.0 cm³/mol. The number of fused-ring (bicyclic) bond motifs is 1. The van der Waals surface area contributed by atoms with Gasteiger partial charge in [0.15, 0.2) is 11.5 Å². The Bertz CT molecular complexity index is 526. The lowest BCUT2D eigenvalue weighted by molar-refractivity contribution is 0.173. The van der Waals surface area contributed by atoms with E-state index in [2.05, 4.69) is 61.1 Å². The monoisotopic (exact) mass is 339 g/mol. The van der Waals surface area contributed by atoms with Crippen LogP contribution in [0.25, 0.3) is 0 Å². The molecule has 0 amide bonds. The lowest BCUT2D eigenvalue weighted by Crippen LogP contribution is -2.18. The third-order valence-corrected chi connectivity index (χ3v) is 6.07. The quantitative estimate of drug-likeness (QED) is 0.900. The molecule has 20 heavy (non-hydrogen) atoms. The first-order valence-corrected chi connectivity index (χ1v) is 7.92. The van der Waals surface area contributed by atoms with Gasteiger partial charge in [-0.25, -0.2) is 0 Å². The third kappa shape index (κ3) is 2.13. The summed E-state index contributed by atoms with van der Waals surface area (Å²) in [6.07, 6.45) is 0. The standard InChI is InChI=1S/C16H22BrNO2/c1-15(2)13(16(15,3)4)8-18-7-10-5-11(17)14-12(6-10)19-9-20-14/h5-6,13,18H,7-9H2,1-4H3. The fraction of sp³-hybridized carbons (Fsp3) is 0.625. The van der Waals surface area contributed by atoms with Gasteiger partial charge in [-0.3, -0.25) is 0 Å². The van der Waals surface area contributed by atoms with Crippen molar-refractivity contribution in [2.45, 2.75) is 34.2 Å². The van der Waals surface area contributed by atoms with Crippen molar-refractivity contribution < 1.29 is 9.47 Å². The Kier molecular flexibility index (Phi) is 3.29. The van der Waals surface area contributed by atoms with Crippen LogP contribution in [0, 0.1) is 16.7 Å². The van der Waals surface area contributed by atoms with E-state index in [0.29, 0.717) is 17.6 Å². The van der Waals surface area contributed by atoms with E-state index < -0.39 is 0 Å². The van der Waals surface area contributed by atoms with Gasteiger partial charge in [-0.15, -0.1) is 0 Å².